The highest BCUT2D eigenvalue weighted by molar-refractivity contribution is 5.46. The Labute approximate surface area is 113 Å². The van der Waals surface area contributed by atoms with E-state index in [1.54, 1.807) is 13.2 Å². The van der Waals surface area contributed by atoms with Crippen molar-refractivity contribution in [2.45, 2.75) is 25.5 Å². The molecule has 0 amide bonds. The number of nitrogens with two attached hydrogens (primary N) is 1. The van der Waals surface area contributed by atoms with Gasteiger partial charge in [0.25, 0.3) is 0 Å². The highest BCUT2D eigenvalue weighted by Gasteiger charge is 2.25. The lowest BCUT2D eigenvalue weighted by molar-refractivity contribution is 0.178. The lowest BCUT2D eigenvalue weighted by Crippen LogP contribution is -2.27. The zero-order valence-electron chi connectivity index (χ0n) is 11.5. The lowest BCUT2D eigenvalue weighted by atomic mass is 10.4. The molecule has 0 bridgehead atoms. The summed E-state index contributed by atoms with van der Waals surface area (Å²) in [5.41, 5.74) is 2.54. The number of nitrogens with zero attached hydrogens (tertiary/aromatic N) is 3. The van der Waals surface area contributed by atoms with Crippen molar-refractivity contribution in [1.82, 2.24) is 14.9 Å². The van der Waals surface area contributed by atoms with Crippen LogP contribution in [-0.4, -0.2) is 48.2 Å². The number of nitrogen functional groups attached to an aromatic ring is 1. The van der Waals surface area contributed by atoms with Gasteiger partial charge in [-0.2, -0.15) is 0 Å². The highest BCUT2D eigenvalue weighted by atomic mass is 16.5. The first-order chi connectivity index (χ1) is 9.22. The van der Waals surface area contributed by atoms with Crippen molar-refractivity contribution in [3.63, 3.8) is 0 Å². The second-order valence-corrected chi connectivity index (χ2v) is 4.77. The standard InChI is InChI=1S/C12H22N6O/c1-18(9-3-4-9)6-5-14-10-7-11(17-13)16-12(15-10)8-19-2/h7,9H,3-6,8,13H2,1-2H3,(H2,14,15,16,17). The summed E-state index contributed by atoms with van der Waals surface area (Å²) < 4.78 is 5.04. The molecule has 7 nitrogen and oxygen atoms in total. The van der Waals surface area contributed by atoms with E-state index in [4.69, 9.17) is 10.6 Å². The summed E-state index contributed by atoms with van der Waals surface area (Å²) in [6.45, 7) is 2.21. The van der Waals surface area contributed by atoms with Crippen LogP contribution in [0.4, 0.5) is 11.6 Å². The monoisotopic (exact) mass is 266 g/mol. The van der Waals surface area contributed by atoms with Gasteiger partial charge in [-0.15, -0.1) is 0 Å². The second kappa shape index (κ2) is 6.65. The van der Waals surface area contributed by atoms with Crippen LogP contribution in [0, 0.1) is 0 Å². The largest absolute Gasteiger partial charge is 0.377 e. The molecule has 1 aliphatic rings. The summed E-state index contributed by atoms with van der Waals surface area (Å²) in [6.07, 6.45) is 2.65. The van der Waals surface area contributed by atoms with Crippen molar-refractivity contribution < 1.29 is 4.74 Å². The summed E-state index contributed by atoms with van der Waals surface area (Å²) in [4.78, 5) is 10.9. The van der Waals surface area contributed by atoms with E-state index in [-0.39, 0.29) is 0 Å². The molecule has 7 heteroatoms. The molecule has 1 fully saturated rings. The van der Waals surface area contributed by atoms with Crippen LogP contribution in [0.2, 0.25) is 0 Å². The van der Waals surface area contributed by atoms with E-state index in [0.29, 0.717) is 18.2 Å². The van der Waals surface area contributed by atoms with Gasteiger partial charge in [0.1, 0.15) is 18.2 Å². The topological polar surface area (TPSA) is 88.3 Å². The maximum atomic E-state index is 5.39. The van der Waals surface area contributed by atoms with Gasteiger partial charge in [0.05, 0.1) is 0 Å². The van der Waals surface area contributed by atoms with Crippen LogP contribution >= 0.6 is 0 Å². The number of ether oxygens (including phenoxy) is 1. The molecule has 0 saturated heterocycles. The van der Waals surface area contributed by atoms with Crippen LogP contribution < -0.4 is 16.6 Å². The van der Waals surface area contributed by atoms with Gasteiger partial charge in [0, 0.05) is 32.3 Å². The molecule has 19 heavy (non-hydrogen) atoms. The minimum absolute atomic E-state index is 0.367. The van der Waals surface area contributed by atoms with Crippen molar-refractivity contribution >= 4 is 11.6 Å². The van der Waals surface area contributed by atoms with Gasteiger partial charge in [0.15, 0.2) is 5.82 Å². The van der Waals surface area contributed by atoms with E-state index in [9.17, 15) is 0 Å². The fourth-order valence-electron chi connectivity index (χ4n) is 1.91. The van der Waals surface area contributed by atoms with Gasteiger partial charge < -0.3 is 20.4 Å². The number of anilines is 2. The van der Waals surface area contributed by atoms with Gasteiger partial charge >= 0.3 is 0 Å². The molecule has 106 valence electrons. The molecule has 0 unspecified atom stereocenters. The number of hydrazine groups is 1. The maximum Gasteiger partial charge on any atom is 0.158 e. The molecule has 1 heterocycles. The number of rotatable bonds is 8. The Kier molecular flexibility index (Phi) is 4.89. The maximum absolute atomic E-state index is 5.39. The molecule has 0 atom stereocenters. The third kappa shape index (κ3) is 4.30. The Morgan fingerprint density at radius 3 is 2.79 bits per heavy atom. The molecule has 4 N–H and O–H groups in total. The van der Waals surface area contributed by atoms with E-state index in [0.717, 1.165) is 24.9 Å². The molecular formula is C12H22N6O. The predicted octanol–water partition coefficient (Wildman–Crippen LogP) is 0.415. The number of aromatic nitrogens is 2. The van der Waals surface area contributed by atoms with Crippen molar-refractivity contribution in [2.75, 3.05) is 38.0 Å². The Hall–Kier alpha value is -1.44. The molecular weight excluding hydrogens is 244 g/mol. The van der Waals surface area contributed by atoms with Gasteiger partial charge in [-0.3, -0.25) is 0 Å². The first-order valence-corrected chi connectivity index (χ1v) is 6.50. The Morgan fingerprint density at radius 1 is 1.42 bits per heavy atom. The molecule has 1 aromatic rings. The van der Waals surface area contributed by atoms with Crippen LogP contribution in [-0.2, 0) is 11.3 Å². The molecule has 1 aliphatic carbocycles. The van der Waals surface area contributed by atoms with Crippen molar-refractivity contribution in [1.29, 1.82) is 0 Å². The van der Waals surface area contributed by atoms with Gasteiger partial charge in [-0.25, -0.2) is 15.8 Å². The highest BCUT2D eigenvalue weighted by Crippen LogP contribution is 2.24. The molecule has 1 aromatic heterocycles. The predicted molar refractivity (Wildman–Crippen MR) is 74.7 cm³/mol. The number of hydrogen-bond acceptors (Lipinski definition) is 7. The summed E-state index contributed by atoms with van der Waals surface area (Å²) >= 11 is 0. The minimum atomic E-state index is 0.367. The summed E-state index contributed by atoms with van der Waals surface area (Å²) in [5.74, 6) is 7.35. The smallest absolute Gasteiger partial charge is 0.158 e. The molecule has 0 aromatic carbocycles. The molecule has 0 radical (unpaired) electrons. The van der Waals surface area contributed by atoms with E-state index < -0.39 is 0 Å². The van der Waals surface area contributed by atoms with Gasteiger partial charge in [-0.05, 0) is 19.9 Å². The minimum Gasteiger partial charge on any atom is -0.377 e. The van der Waals surface area contributed by atoms with E-state index in [1.165, 1.54) is 12.8 Å². The summed E-state index contributed by atoms with van der Waals surface area (Å²) in [7, 11) is 3.77. The van der Waals surface area contributed by atoms with Crippen LogP contribution in [0.1, 0.15) is 18.7 Å². The van der Waals surface area contributed by atoms with Crippen LogP contribution in [0.3, 0.4) is 0 Å². The van der Waals surface area contributed by atoms with Crippen LogP contribution in [0.5, 0.6) is 0 Å². The normalized spacial score (nSPS) is 14.7. The quantitative estimate of drug-likeness (QED) is 0.464. The lowest BCUT2D eigenvalue weighted by Gasteiger charge is -2.16. The SMILES string of the molecule is COCc1nc(NN)cc(NCCN(C)C2CC2)n1. The van der Waals surface area contributed by atoms with Gasteiger partial charge in [0.2, 0.25) is 0 Å². The van der Waals surface area contributed by atoms with Crippen LogP contribution in [0.25, 0.3) is 0 Å². The van der Waals surface area contributed by atoms with Crippen molar-refractivity contribution in [3.8, 4) is 0 Å². The summed E-state index contributed by atoms with van der Waals surface area (Å²) in [5, 5.41) is 3.29. The number of hydrogen-bond donors (Lipinski definition) is 3. The van der Waals surface area contributed by atoms with Gasteiger partial charge in [-0.1, -0.05) is 0 Å². The van der Waals surface area contributed by atoms with Crippen molar-refractivity contribution in [3.05, 3.63) is 11.9 Å². The molecule has 1 saturated carbocycles. The average molecular weight is 266 g/mol. The zero-order chi connectivity index (χ0) is 13.7. The van der Waals surface area contributed by atoms with E-state index in [1.807, 2.05) is 0 Å². The van der Waals surface area contributed by atoms with Crippen molar-refractivity contribution in [2.24, 2.45) is 5.84 Å². The third-order valence-electron chi connectivity index (χ3n) is 3.13. The first kappa shape index (κ1) is 14.0. The fraction of sp³-hybridized carbons (Fsp3) is 0.667. The van der Waals surface area contributed by atoms with Crippen LogP contribution in [0.15, 0.2) is 6.07 Å². The number of nitrogens with one attached hydrogen (secondary N) is 2. The first-order valence-electron chi connectivity index (χ1n) is 6.50. The molecule has 0 spiro atoms. The fourth-order valence-corrected chi connectivity index (χ4v) is 1.91. The number of methoxy groups -OCH3 is 1. The average Bonchev–Trinajstić information content (AvgIpc) is 3.23. The Morgan fingerprint density at radius 2 is 2.16 bits per heavy atom. The molecule has 0 aliphatic heterocycles. The third-order valence-corrected chi connectivity index (χ3v) is 3.13. The van der Waals surface area contributed by atoms with E-state index in [2.05, 4.69) is 32.7 Å². The Bertz CT molecular complexity index is 409. The molecule has 2 rings (SSSR count). The number of likely N-dealkylation sites (N-methyl/N-ethyl adjacent to an activating group) is 1. The second-order valence-electron chi connectivity index (χ2n) is 4.77. The zero-order valence-corrected chi connectivity index (χ0v) is 11.5. The van der Waals surface area contributed by atoms with E-state index >= 15 is 0 Å². The summed E-state index contributed by atoms with van der Waals surface area (Å²) in [6, 6.07) is 2.56. The Balaban J connectivity index is 1.88.